The van der Waals surface area contributed by atoms with Crippen molar-refractivity contribution in [1.82, 2.24) is 19.9 Å². The monoisotopic (exact) mass is 508 g/mol. The first-order valence-corrected chi connectivity index (χ1v) is 10.2. The fraction of sp³-hybridized carbons (Fsp3) is 0.238. The van der Waals surface area contributed by atoms with Crippen LogP contribution in [0.4, 0.5) is 8.78 Å². The third-order valence-electron chi connectivity index (χ3n) is 4.50. The Hall–Kier alpha value is -3.18. The maximum atomic E-state index is 13.8. The van der Waals surface area contributed by atoms with Gasteiger partial charge in [0.1, 0.15) is 40.9 Å². The molecule has 32 heavy (non-hydrogen) atoms. The quantitative estimate of drug-likeness (QED) is 0.483. The average Bonchev–Trinajstić information content (AvgIpc) is 2.78. The number of benzene rings is 1. The van der Waals surface area contributed by atoms with Gasteiger partial charge in [-0.05, 0) is 35.0 Å². The van der Waals surface area contributed by atoms with Gasteiger partial charge >= 0.3 is 0 Å². The number of carbonyl (C=O) groups excluding carboxylic acids is 1. The summed E-state index contributed by atoms with van der Waals surface area (Å²) in [5.74, 6) is -1.35. The van der Waals surface area contributed by atoms with Gasteiger partial charge in [0.2, 0.25) is 5.91 Å². The van der Waals surface area contributed by atoms with Crippen molar-refractivity contribution in [3.63, 3.8) is 0 Å². The molecule has 0 bridgehead atoms. The van der Waals surface area contributed by atoms with Crippen LogP contribution in [0.5, 0.6) is 5.75 Å². The number of ether oxygens (including phenoxy) is 1. The molecule has 2 N–H and O–H groups in total. The first kappa shape index (κ1) is 23.5. The van der Waals surface area contributed by atoms with E-state index in [0.717, 1.165) is 12.1 Å². The lowest BCUT2D eigenvalue weighted by atomic mass is 10.2. The predicted molar refractivity (Wildman–Crippen MR) is 114 cm³/mol. The zero-order valence-electron chi connectivity index (χ0n) is 16.9. The van der Waals surface area contributed by atoms with Gasteiger partial charge in [-0.1, -0.05) is 0 Å². The molecule has 8 nitrogen and oxygen atoms in total. The Morgan fingerprint density at radius 2 is 1.97 bits per heavy atom. The van der Waals surface area contributed by atoms with Crippen molar-refractivity contribution in [1.29, 1.82) is 0 Å². The molecule has 2 aromatic heterocycles. The number of hydrogen-bond acceptors (Lipinski definition) is 6. The van der Waals surface area contributed by atoms with Crippen LogP contribution in [0, 0.1) is 18.6 Å². The van der Waals surface area contributed by atoms with Gasteiger partial charge in [-0.15, -0.1) is 0 Å². The molecule has 0 unspecified atom stereocenters. The molecule has 3 rings (SSSR count). The zero-order chi connectivity index (χ0) is 23.3. The molecule has 0 atom stereocenters. The minimum Gasteiger partial charge on any atom is -0.487 e. The Morgan fingerprint density at radius 1 is 1.25 bits per heavy atom. The molecule has 11 heteroatoms. The van der Waals surface area contributed by atoms with Crippen molar-refractivity contribution in [3.8, 4) is 5.75 Å². The number of halogens is 3. The van der Waals surface area contributed by atoms with Crippen molar-refractivity contribution in [2.45, 2.75) is 26.6 Å². The summed E-state index contributed by atoms with van der Waals surface area (Å²) in [6.45, 7) is 1.20. The number of nitrogens with zero attached hydrogens (tertiary/aromatic N) is 3. The summed E-state index contributed by atoms with van der Waals surface area (Å²) in [6, 6.07) is 4.82. The molecule has 0 radical (unpaired) electrons. The number of aliphatic hydroxyl groups is 1. The molecule has 0 aliphatic heterocycles. The number of aromatic nitrogens is 3. The van der Waals surface area contributed by atoms with Crippen molar-refractivity contribution >= 4 is 21.8 Å². The molecule has 0 fully saturated rings. The van der Waals surface area contributed by atoms with Crippen LogP contribution in [0.1, 0.15) is 22.6 Å². The number of hydrogen-bond donors (Lipinski definition) is 2. The number of nitrogens with one attached hydrogen (secondary N) is 1. The number of carbonyl (C=O) groups is 1. The number of pyridine rings is 1. The third kappa shape index (κ3) is 5.74. The van der Waals surface area contributed by atoms with Gasteiger partial charge in [0.25, 0.3) is 5.56 Å². The SMILES string of the molecule is Cc1cc(OCc2ccc(F)cc2F)c(Br)c(=O)n1Cc1cnc(CNC(=O)CO)nc1. The van der Waals surface area contributed by atoms with E-state index in [9.17, 15) is 18.4 Å². The first-order valence-electron chi connectivity index (χ1n) is 9.42. The van der Waals surface area contributed by atoms with Crippen LogP contribution in [0.25, 0.3) is 0 Å². The molecular formula is C21H19BrF2N4O4. The van der Waals surface area contributed by atoms with Crippen molar-refractivity contribution < 1.29 is 23.4 Å². The molecular weight excluding hydrogens is 490 g/mol. The molecule has 0 saturated heterocycles. The molecule has 0 saturated carbocycles. The fourth-order valence-corrected chi connectivity index (χ4v) is 3.22. The smallest absolute Gasteiger partial charge is 0.269 e. The number of aliphatic hydroxyl groups excluding tert-OH is 1. The summed E-state index contributed by atoms with van der Waals surface area (Å²) in [5, 5.41) is 11.1. The van der Waals surface area contributed by atoms with Crippen molar-refractivity contribution in [2.75, 3.05) is 6.61 Å². The molecule has 3 aromatic rings. The topological polar surface area (TPSA) is 106 Å². The van der Waals surface area contributed by atoms with Crippen LogP contribution < -0.4 is 15.6 Å². The van der Waals surface area contributed by atoms with Crippen LogP contribution in [-0.2, 0) is 24.5 Å². The molecule has 0 aliphatic carbocycles. The summed E-state index contributed by atoms with van der Waals surface area (Å²) in [7, 11) is 0. The first-order chi connectivity index (χ1) is 15.3. The number of rotatable bonds is 8. The third-order valence-corrected chi connectivity index (χ3v) is 5.23. The summed E-state index contributed by atoms with van der Waals surface area (Å²) >= 11 is 3.23. The largest absolute Gasteiger partial charge is 0.487 e. The Kier molecular flexibility index (Phi) is 7.65. The minimum atomic E-state index is -0.731. The summed E-state index contributed by atoms with van der Waals surface area (Å²) in [4.78, 5) is 32.2. The Balaban J connectivity index is 1.72. The van der Waals surface area contributed by atoms with Gasteiger partial charge in [0, 0.05) is 41.3 Å². The maximum absolute atomic E-state index is 13.8. The van der Waals surface area contributed by atoms with E-state index in [-0.39, 0.29) is 41.0 Å². The Morgan fingerprint density at radius 3 is 2.62 bits per heavy atom. The summed E-state index contributed by atoms with van der Waals surface area (Å²) < 4.78 is 34.1. The fourth-order valence-electron chi connectivity index (χ4n) is 2.78. The highest BCUT2D eigenvalue weighted by Crippen LogP contribution is 2.24. The van der Waals surface area contributed by atoms with Gasteiger partial charge in [-0.25, -0.2) is 18.7 Å². The van der Waals surface area contributed by atoms with Crippen molar-refractivity contribution in [3.05, 3.63) is 85.8 Å². The van der Waals surface area contributed by atoms with E-state index in [4.69, 9.17) is 9.84 Å². The van der Waals surface area contributed by atoms with Gasteiger partial charge in [0.15, 0.2) is 0 Å². The van der Waals surface area contributed by atoms with E-state index >= 15 is 0 Å². The highest BCUT2D eigenvalue weighted by Gasteiger charge is 2.14. The zero-order valence-corrected chi connectivity index (χ0v) is 18.5. The van der Waals surface area contributed by atoms with Crippen LogP contribution >= 0.6 is 15.9 Å². The maximum Gasteiger partial charge on any atom is 0.269 e. The van der Waals surface area contributed by atoms with Crippen LogP contribution in [0.15, 0.2) is 45.9 Å². The standard InChI is InChI=1S/C21H19BrF2N4O4/c1-12-4-17(32-11-14-2-3-15(23)5-16(14)24)20(22)21(31)28(12)9-13-6-25-18(26-7-13)8-27-19(30)10-29/h2-7,29H,8-11H2,1H3,(H,27,30). The number of aryl methyl sites for hydroxylation is 1. The molecule has 2 heterocycles. The average molecular weight is 509 g/mol. The second kappa shape index (κ2) is 10.4. The lowest BCUT2D eigenvalue weighted by Crippen LogP contribution is -2.26. The van der Waals surface area contributed by atoms with E-state index < -0.39 is 24.1 Å². The van der Waals surface area contributed by atoms with Crippen molar-refractivity contribution in [2.24, 2.45) is 0 Å². The van der Waals surface area contributed by atoms with Crippen LogP contribution in [0.2, 0.25) is 0 Å². The second-order valence-corrected chi connectivity index (χ2v) is 7.62. The van der Waals surface area contributed by atoms with Gasteiger partial charge < -0.3 is 19.7 Å². The molecule has 1 aromatic carbocycles. The minimum absolute atomic E-state index is 0.0743. The predicted octanol–water partition coefficient (Wildman–Crippen LogP) is 2.22. The Bertz CT molecular complexity index is 1190. The lowest BCUT2D eigenvalue weighted by Gasteiger charge is -2.15. The second-order valence-electron chi connectivity index (χ2n) is 6.82. The lowest BCUT2D eigenvalue weighted by molar-refractivity contribution is -0.124. The Labute approximate surface area is 190 Å². The van der Waals surface area contributed by atoms with Gasteiger partial charge in [-0.2, -0.15) is 0 Å². The molecule has 168 valence electrons. The molecule has 0 spiro atoms. The molecule has 0 aliphatic rings. The van der Waals surface area contributed by atoms with E-state index in [2.05, 4.69) is 31.2 Å². The van der Waals surface area contributed by atoms with E-state index in [1.165, 1.54) is 23.0 Å². The molecule has 1 amide bonds. The number of amides is 1. The summed E-state index contributed by atoms with van der Waals surface area (Å²) in [5.41, 5.74) is 1.04. The van der Waals surface area contributed by atoms with Crippen LogP contribution in [0.3, 0.4) is 0 Å². The highest BCUT2D eigenvalue weighted by molar-refractivity contribution is 9.10. The van der Waals surface area contributed by atoms with Gasteiger partial charge in [-0.3, -0.25) is 9.59 Å². The summed E-state index contributed by atoms with van der Waals surface area (Å²) in [6.07, 6.45) is 3.07. The van der Waals surface area contributed by atoms with E-state index in [0.29, 0.717) is 17.1 Å². The van der Waals surface area contributed by atoms with E-state index in [1.54, 1.807) is 13.0 Å². The highest BCUT2D eigenvalue weighted by atomic mass is 79.9. The van der Waals surface area contributed by atoms with Crippen LogP contribution in [-0.4, -0.2) is 32.2 Å². The van der Waals surface area contributed by atoms with Gasteiger partial charge in [0.05, 0.1) is 13.1 Å². The van der Waals surface area contributed by atoms with E-state index in [1.807, 2.05) is 0 Å². The normalized spacial score (nSPS) is 10.8.